The van der Waals surface area contributed by atoms with Crippen molar-refractivity contribution in [3.63, 3.8) is 0 Å². The van der Waals surface area contributed by atoms with Crippen LogP contribution in [0.5, 0.6) is 0 Å². The van der Waals surface area contributed by atoms with E-state index < -0.39 is 5.97 Å². The number of hydrogen-bond donors (Lipinski definition) is 1. The lowest BCUT2D eigenvalue weighted by atomic mass is 10.1. The number of halogens is 1. The SMILES string of the molecule is Cc1cc(-c2nc(N3CCCCC3)sc2CC(=O)O)ccc1F. The Labute approximate surface area is 138 Å². The second-order valence-corrected chi connectivity index (χ2v) is 6.91. The van der Waals surface area contributed by atoms with Gasteiger partial charge in [0, 0.05) is 23.5 Å². The first-order valence-corrected chi connectivity index (χ1v) is 8.59. The van der Waals surface area contributed by atoms with Gasteiger partial charge in [-0.25, -0.2) is 9.37 Å². The number of aliphatic carboxylic acids is 1. The number of nitrogens with zero attached hydrogens (tertiary/aromatic N) is 2. The van der Waals surface area contributed by atoms with E-state index in [0.717, 1.165) is 41.5 Å². The lowest BCUT2D eigenvalue weighted by molar-refractivity contribution is -0.136. The van der Waals surface area contributed by atoms with Crippen molar-refractivity contribution in [1.82, 2.24) is 4.98 Å². The van der Waals surface area contributed by atoms with Crippen molar-refractivity contribution in [3.05, 3.63) is 34.5 Å². The van der Waals surface area contributed by atoms with E-state index in [1.54, 1.807) is 19.1 Å². The average molecular weight is 334 g/mol. The number of benzene rings is 1. The fourth-order valence-electron chi connectivity index (χ4n) is 2.83. The van der Waals surface area contributed by atoms with Crippen LogP contribution >= 0.6 is 11.3 Å². The Bertz CT molecular complexity index is 723. The molecule has 0 saturated carbocycles. The molecule has 4 nitrogen and oxygen atoms in total. The lowest BCUT2D eigenvalue weighted by Crippen LogP contribution is -2.29. The first-order chi connectivity index (χ1) is 11.0. The standard InChI is InChI=1S/C17H19FN2O2S/c1-11-9-12(5-6-13(11)18)16-14(10-15(21)22)23-17(19-16)20-7-3-2-4-8-20/h5-6,9H,2-4,7-8,10H2,1H3,(H,21,22). The average Bonchev–Trinajstić information content (AvgIpc) is 2.94. The molecule has 0 spiro atoms. The van der Waals surface area contributed by atoms with Gasteiger partial charge in [0.25, 0.3) is 0 Å². The molecule has 23 heavy (non-hydrogen) atoms. The third-order valence-electron chi connectivity index (χ3n) is 4.06. The molecule has 0 aliphatic carbocycles. The molecule has 2 heterocycles. The summed E-state index contributed by atoms with van der Waals surface area (Å²) in [5.41, 5.74) is 1.98. The summed E-state index contributed by atoms with van der Waals surface area (Å²) in [6.07, 6.45) is 3.45. The second-order valence-electron chi connectivity index (χ2n) is 5.85. The van der Waals surface area contributed by atoms with Gasteiger partial charge in [0.15, 0.2) is 5.13 Å². The predicted octanol–water partition coefficient (Wildman–Crippen LogP) is 3.88. The molecule has 1 aliphatic rings. The fourth-order valence-corrected chi connectivity index (χ4v) is 3.96. The van der Waals surface area contributed by atoms with Crippen LogP contribution in [0.3, 0.4) is 0 Å². The topological polar surface area (TPSA) is 53.4 Å². The number of thiazole rings is 1. The van der Waals surface area contributed by atoms with Crippen LogP contribution in [0.25, 0.3) is 11.3 Å². The highest BCUT2D eigenvalue weighted by Gasteiger charge is 2.21. The minimum atomic E-state index is -0.876. The number of carbonyl (C=O) groups is 1. The van der Waals surface area contributed by atoms with Gasteiger partial charge in [-0.1, -0.05) is 0 Å². The van der Waals surface area contributed by atoms with Crippen molar-refractivity contribution in [1.29, 1.82) is 0 Å². The van der Waals surface area contributed by atoms with Gasteiger partial charge in [-0.15, -0.1) is 11.3 Å². The zero-order chi connectivity index (χ0) is 16.4. The first-order valence-electron chi connectivity index (χ1n) is 7.77. The summed E-state index contributed by atoms with van der Waals surface area (Å²) in [5.74, 6) is -1.14. The summed E-state index contributed by atoms with van der Waals surface area (Å²) in [6.45, 7) is 3.62. The van der Waals surface area contributed by atoms with Gasteiger partial charge in [-0.05, 0) is 49.9 Å². The van der Waals surface area contributed by atoms with Crippen LogP contribution < -0.4 is 4.90 Å². The van der Waals surface area contributed by atoms with Crippen LogP contribution in [0.2, 0.25) is 0 Å². The van der Waals surface area contributed by atoms with Crippen LogP contribution in [-0.4, -0.2) is 29.1 Å². The molecule has 1 saturated heterocycles. The van der Waals surface area contributed by atoms with Crippen LogP contribution in [0, 0.1) is 12.7 Å². The van der Waals surface area contributed by atoms with E-state index >= 15 is 0 Å². The molecule has 1 N–H and O–H groups in total. The van der Waals surface area contributed by atoms with E-state index in [1.165, 1.54) is 23.8 Å². The largest absolute Gasteiger partial charge is 0.481 e. The second kappa shape index (κ2) is 6.66. The molecule has 0 amide bonds. The van der Waals surface area contributed by atoms with Crippen molar-refractivity contribution in [3.8, 4) is 11.3 Å². The molecule has 0 bridgehead atoms. The van der Waals surface area contributed by atoms with Crippen molar-refractivity contribution < 1.29 is 14.3 Å². The molecule has 6 heteroatoms. The zero-order valence-electron chi connectivity index (χ0n) is 13.0. The number of hydrogen-bond acceptors (Lipinski definition) is 4. The van der Waals surface area contributed by atoms with Crippen LogP contribution in [0.1, 0.15) is 29.7 Å². The van der Waals surface area contributed by atoms with Gasteiger partial charge in [0.05, 0.1) is 12.1 Å². The minimum Gasteiger partial charge on any atom is -0.481 e. The zero-order valence-corrected chi connectivity index (χ0v) is 13.8. The Kier molecular flexibility index (Phi) is 4.61. The van der Waals surface area contributed by atoms with Gasteiger partial charge in [0.2, 0.25) is 0 Å². The summed E-state index contributed by atoms with van der Waals surface area (Å²) < 4.78 is 13.5. The Balaban J connectivity index is 2.00. The quantitative estimate of drug-likeness (QED) is 0.922. The van der Waals surface area contributed by atoms with E-state index in [2.05, 4.69) is 9.88 Å². The molecular formula is C17H19FN2O2S. The van der Waals surface area contributed by atoms with Crippen molar-refractivity contribution in [2.45, 2.75) is 32.6 Å². The number of aryl methyl sites for hydroxylation is 1. The summed E-state index contributed by atoms with van der Waals surface area (Å²) in [4.78, 5) is 18.8. The number of piperidine rings is 1. The highest BCUT2D eigenvalue weighted by Crippen LogP contribution is 2.35. The first kappa shape index (κ1) is 15.9. The number of aromatic nitrogens is 1. The normalized spacial score (nSPS) is 15.0. The Morgan fingerprint density at radius 3 is 2.74 bits per heavy atom. The Morgan fingerprint density at radius 2 is 2.09 bits per heavy atom. The van der Waals surface area contributed by atoms with Gasteiger partial charge in [-0.2, -0.15) is 0 Å². The summed E-state index contributed by atoms with van der Waals surface area (Å²) in [7, 11) is 0. The molecule has 1 fully saturated rings. The molecule has 3 rings (SSSR count). The molecule has 2 aromatic rings. The highest BCUT2D eigenvalue weighted by molar-refractivity contribution is 7.16. The van der Waals surface area contributed by atoms with E-state index in [4.69, 9.17) is 5.11 Å². The molecule has 1 aromatic carbocycles. The minimum absolute atomic E-state index is 0.0583. The van der Waals surface area contributed by atoms with Crippen molar-refractivity contribution in [2.24, 2.45) is 0 Å². The summed E-state index contributed by atoms with van der Waals surface area (Å²) >= 11 is 1.44. The third kappa shape index (κ3) is 3.52. The molecule has 1 aromatic heterocycles. The van der Waals surface area contributed by atoms with Crippen LogP contribution in [0.4, 0.5) is 9.52 Å². The molecular weight excluding hydrogens is 315 g/mol. The smallest absolute Gasteiger partial charge is 0.308 e. The molecule has 0 unspecified atom stereocenters. The molecule has 122 valence electrons. The van der Waals surface area contributed by atoms with Gasteiger partial charge in [0.1, 0.15) is 5.82 Å². The van der Waals surface area contributed by atoms with E-state index in [0.29, 0.717) is 11.3 Å². The maximum absolute atomic E-state index is 13.5. The van der Waals surface area contributed by atoms with E-state index in [-0.39, 0.29) is 12.2 Å². The lowest BCUT2D eigenvalue weighted by Gasteiger charge is -2.25. The highest BCUT2D eigenvalue weighted by atomic mass is 32.1. The van der Waals surface area contributed by atoms with E-state index in [9.17, 15) is 9.18 Å². The molecule has 0 atom stereocenters. The van der Waals surface area contributed by atoms with E-state index in [1.807, 2.05) is 0 Å². The number of rotatable bonds is 4. The number of carboxylic acids is 1. The van der Waals surface area contributed by atoms with Crippen molar-refractivity contribution in [2.75, 3.05) is 18.0 Å². The predicted molar refractivity (Wildman–Crippen MR) is 89.6 cm³/mol. The van der Waals surface area contributed by atoms with Crippen LogP contribution in [0.15, 0.2) is 18.2 Å². The number of carboxylic acid groups (broad SMARTS) is 1. The van der Waals surface area contributed by atoms with Crippen LogP contribution in [-0.2, 0) is 11.2 Å². The maximum Gasteiger partial charge on any atom is 0.308 e. The van der Waals surface area contributed by atoms with Gasteiger partial charge in [-0.3, -0.25) is 4.79 Å². The third-order valence-corrected chi connectivity index (χ3v) is 5.17. The van der Waals surface area contributed by atoms with Gasteiger partial charge >= 0.3 is 5.97 Å². The Morgan fingerprint density at radius 1 is 1.35 bits per heavy atom. The number of anilines is 1. The Hall–Kier alpha value is -1.95. The molecule has 1 aliphatic heterocycles. The van der Waals surface area contributed by atoms with Gasteiger partial charge < -0.3 is 10.0 Å². The summed E-state index contributed by atoms with van der Waals surface area (Å²) in [6, 6.07) is 4.81. The maximum atomic E-state index is 13.5. The fraction of sp³-hybridized carbons (Fsp3) is 0.412. The van der Waals surface area contributed by atoms with Crippen molar-refractivity contribution >= 4 is 22.4 Å². The monoisotopic (exact) mass is 334 g/mol. The summed E-state index contributed by atoms with van der Waals surface area (Å²) in [5, 5.41) is 10.0. The molecule has 0 radical (unpaired) electrons.